The predicted octanol–water partition coefficient (Wildman–Crippen LogP) is 5.23. The lowest BCUT2D eigenvalue weighted by atomic mass is 9.88. The zero-order valence-corrected chi connectivity index (χ0v) is 17.4. The van der Waals surface area contributed by atoms with E-state index in [1.807, 2.05) is 4.90 Å². The number of H-pyrrole nitrogens is 2. The lowest BCUT2D eigenvalue weighted by Gasteiger charge is -2.26. The van der Waals surface area contributed by atoms with Crippen LogP contribution in [-0.4, -0.2) is 27.6 Å². The third-order valence-corrected chi connectivity index (χ3v) is 5.51. The molecule has 3 aromatic rings. The van der Waals surface area contributed by atoms with Crippen LogP contribution in [0, 0.1) is 5.41 Å². The number of nitrogens with zero attached hydrogens (tertiary/aromatic N) is 2. The molecular weight excluding hydrogens is 348 g/mol. The van der Waals surface area contributed by atoms with Crippen LogP contribution in [0.3, 0.4) is 0 Å². The van der Waals surface area contributed by atoms with Crippen molar-refractivity contribution in [2.75, 3.05) is 11.4 Å². The molecule has 0 saturated carbocycles. The maximum atomic E-state index is 12.3. The Morgan fingerprint density at radius 3 is 2.71 bits per heavy atom. The Labute approximate surface area is 166 Å². The molecule has 1 aliphatic heterocycles. The summed E-state index contributed by atoms with van der Waals surface area (Å²) in [5.74, 6) is 0.227. The molecule has 148 valence electrons. The van der Waals surface area contributed by atoms with Crippen molar-refractivity contribution in [3.63, 3.8) is 0 Å². The molecule has 0 unspecified atom stereocenters. The number of rotatable bonds is 4. The number of carbonyl (C=O) groups excluding carboxylic acids is 1. The second-order valence-electron chi connectivity index (χ2n) is 9.08. The van der Waals surface area contributed by atoms with E-state index >= 15 is 0 Å². The maximum Gasteiger partial charge on any atom is 0.226 e. The average Bonchev–Trinajstić information content (AvgIpc) is 3.23. The molecule has 1 fully saturated rings. The van der Waals surface area contributed by atoms with Crippen LogP contribution in [0.25, 0.3) is 22.3 Å². The molecule has 1 aromatic carbocycles. The number of hydrogen-bond acceptors (Lipinski definition) is 2. The van der Waals surface area contributed by atoms with Gasteiger partial charge in [-0.25, -0.2) is 0 Å². The molecule has 0 atom stereocenters. The van der Waals surface area contributed by atoms with Gasteiger partial charge >= 0.3 is 0 Å². The van der Waals surface area contributed by atoms with E-state index in [2.05, 4.69) is 67.1 Å². The SMILES string of the molecule is CCc1c(-c2cc3ccc(N4CCCCC4=O)cc3[nH]2)n[nH]c1CC(C)(C)C. The predicted molar refractivity (Wildman–Crippen MR) is 115 cm³/mol. The van der Waals surface area contributed by atoms with E-state index in [0.29, 0.717) is 6.42 Å². The zero-order valence-electron chi connectivity index (χ0n) is 17.4. The minimum Gasteiger partial charge on any atom is -0.353 e. The van der Waals surface area contributed by atoms with Crippen molar-refractivity contribution in [2.45, 2.75) is 59.8 Å². The molecule has 4 rings (SSSR count). The first-order valence-corrected chi connectivity index (χ1v) is 10.4. The Kier molecular flexibility index (Phi) is 4.77. The van der Waals surface area contributed by atoms with Crippen molar-refractivity contribution in [2.24, 2.45) is 5.41 Å². The molecule has 2 N–H and O–H groups in total. The fourth-order valence-corrected chi connectivity index (χ4v) is 4.17. The monoisotopic (exact) mass is 378 g/mol. The Balaban J connectivity index is 1.69. The summed E-state index contributed by atoms with van der Waals surface area (Å²) < 4.78 is 0. The zero-order chi connectivity index (χ0) is 19.9. The van der Waals surface area contributed by atoms with Gasteiger partial charge in [-0.05, 0) is 49.3 Å². The van der Waals surface area contributed by atoms with Gasteiger partial charge in [-0.1, -0.05) is 33.8 Å². The number of piperidine rings is 1. The first-order valence-electron chi connectivity index (χ1n) is 10.4. The molecule has 5 nitrogen and oxygen atoms in total. The summed E-state index contributed by atoms with van der Waals surface area (Å²) in [4.78, 5) is 17.7. The van der Waals surface area contributed by atoms with Crippen molar-refractivity contribution >= 4 is 22.5 Å². The number of fused-ring (bicyclic) bond motifs is 1. The fourth-order valence-electron chi connectivity index (χ4n) is 4.17. The van der Waals surface area contributed by atoms with Crippen molar-refractivity contribution in [1.29, 1.82) is 0 Å². The summed E-state index contributed by atoms with van der Waals surface area (Å²) >= 11 is 0. The number of carbonyl (C=O) groups is 1. The Morgan fingerprint density at radius 2 is 2.00 bits per heavy atom. The Bertz CT molecular complexity index is 1010. The van der Waals surface area contributed by atoms with Gasteiger partial charge in [0.15, 0.2) is 0 Å². The third-order valence-electron chi connectivity index (χ3n) is 5.51. The quantitative estimate of drug-likeness (QED) is 0.653. The van der Waals surface area contributed by atoms with Crippen LogP contribution in [-0.2, 0) is 17.6 Å². The number of aromatic nitrogens is 3. The van der Waals surface area contributed by atoms with E-state index in [1.165, 1.54) is 11.3 Å². The minimum atomic E-state index is 0.212. The Morgan fingerprint density at radius 1 is 1.18 bits per heavy atom. The van der Waals surface area contributed by atoms with Gasteiger partial charge < -0.3 is 9.88 Å². The van der Waals surface area contributed by atoms with Crippen molar-refractivity contribution in [1.82, 2.24) is 15.2 Å². The minimum absolute atomic E-state index is 0.212. The van der Waals surface area contributed by atoms with Crippen molar-refractivity contribution in [3.05, 3.63) is 35.5 Å². The lowest BCUT2D eigenvalue weighted by Crippen LogP contribution is -2.35. The van der Waals surface area contributed by atoms with Gasteiger partial charge in [-0.3, -0.25) is 9.89 Å². The standard InChI is InChI=1S/C23H30N4O/c1-5-17-20(14-23(2,3)4)25-26-22(17)19-12-15-9-10-16(13-18(15)24-19)27-11-7-6-8-21(27)28/h9-10,12-13,24H,5-8,11,14H2,1-4H3,(H,25,26). The molecule has 5 heteroatoms. The van der Waals surface area contributed by atoms with Gasteiger partial charge in [0.2, 0.25) is 5.91 Å². The maximum absolute atomic E-state index is 12.3. The van der Waals surface area contributed by atoms with E-state index in [4.69, 9.17) is 0 Å². The topological polar surface area (TPSA) is 64.8 Å². The molecule has 1 saturated heterocycles. The third kappa shape index (κ3) is 3.58. The molecule has 0 bridgehead atoms. The summed E-state index contributed by atoms with van der Waals surface area (Å²) in [5.41, 5.74) is 6.80. The fraction of sp³-hybridized carbons (Fsp3) is 0.478. The highest BCUT2D eigenvalue weighted by Crippen LogP contribution is 2.32. The first-order chi connectivity index (χ1) is 13.4. The van der Waals surface area contributed by atoms with E-state index in [-0.39, 0.29) is 11.3 Å². The summed E-state index contributed by atoms with van der Waals surface area (Å²) in [5, 5.41) is 9.05. The molecule has 28 heavy (non-hydrogen) atoms. The van der Waals surface area contributed by atoms with Crippen LogP contribution in [0.5, 0.6) is 0 Å². The van der Waals surface area contributed by atoms with Gasteiger partial charge in [-0.2, -0.15) is 5.10 Å². The van der Waals surface area contributed by atoms with E-state index in [9.17, 15) is 4.79 Å². The first kappa shape index (κ1) is 18.8. The molecule has 3 heterocycles. The van der Waals surface area contributed by atoms with Gasteiger partial charge in [0.1, 0.15) is 5.69 Å². The molecule has 1 amide bonds. The number of amides is 1. The molecule has 0 spiro atoms. The summed E-state index contributed by atoms with van der Waals surface area (Å²) in [6.45, 7) is 9.74. The summed E-state index contributed by atoms with van der Waals surface area (Å²) in [7, 11) is 0. The number of benzene rings is 1. The van der Waals surface area contributed by atoms with Crippen LogP contribution in [0.15, 0.2) is 24.3 Å². The normalized spacial score (nSPS) is 15.6. The van der Waals surface area contributed by atoms with Gasteiger partial charge in [-0.15, -0.1) is 0 Å². The summed E-state index contributed by atoms with van der Waals surface area (Å²) in [6, 6.07) is 8.41. The molecule has 0 aliphatic carbocycles. The van der Waals surface area contributed by atoms with Gasteiger partial charge in [0, 0.05) is 40.8 Å². The van der Waals surface area contributed by atoms with Crippen molar-refractivity contribution in [3.8, 4) is 11.4 Å². The van der Waals surface area contributed by atoms with E-state index < -0.39 is 0 Å². The van der Waals surface area contributed by atoms with Crippen LogP contribution >= 0.6 is 0 Å². The largest absolute Gasteiger partial charge is 0.353 e. The number of anilines is 1. The summed E-state index contributed by atoms with van der Waals surface area (Å²) in [6.07, 6.45) is 4.64. The molecule has 2 aromatic heterocycles. The van der Waals surface area contributed by atoms with E-state index in [1.54, 1.807) is 0 Å². The van der Waals surface area contributed by atoms with Crippen LogP contribution in [0.4, 0.5) is 5.69 Å². The van der Waals surface area contributed by atoms with Gasteiger partial charge in [0.05, 0.1) is 5.69 Å². The second kappa shape index (κ2) is 7.12. The van der Waals surface area contributed by atoms with Crippen LogP contribution in [0.1, 0.15) is 58.2 Å². The number of hydrogen-bond donors (Lipinski definition) is 2. The molecule has 0 radical (unpaired) electrons. The lowest BCUT2D eigenvalue weighted by molar-refractivity contribution is -0.119. The molecular formula is C23H30N4O. The smallest absolute Gasteiger partial charge is 0.226 e. The van der Waals surface area contributed by atoms with Crippen LogP contribution < -0.4 is 4.90 Å². The van der Waals surface area contributed by atoms with Crippen molar-refractivity contribution < 1.29 is 4.79 Å². The van der Waals surface area contributed by atoms with E-state index in [0.717, 1.165) is 60.2 Å². The Hall–Kier alpha value is -2.56. The molecule has 1 aliphatic rings. The highest BCUT2D eigenvalue weighted by atomic mass is 16.2. The number of aromatic amines is 2. The number of nitrogens with one attached hydrogen (secondary N) is 2. The van der Waals surface area contributed by atoms with Crippen LogP contribution in [0.2, 0.25) is 0 Å². The highest BCUT2D eigenvalue weighted by Gasteiger charge is 2.22. The average molecular weight is 379 g/mol. The van der Waals surface area contributed by atoms with Gasteiger partial charge in [0.25, 0.3) is 0 Å². The second-order valence-corrected chi connectivity index (χ2v) is 9.08. The highest BCUT2D eigenvalue weighted by molar-refractivity contribution is 5.97.